The number of amides is 1. The van der Waals surface area contributed by atoms with Crippen LogP contribution in [0.2, 0.25) is 0 Å². The van der Waals surface area contributed by atoms with E-state index < -0.39 is 27.6 Å². The monoisotopic (exact) mass is 382 g/mol. The molecule has 0 fully saturated rings. The van der Waals surface area contributed by atoms with Crippen LogP contribution in [0.25, 0.3) is 0 Å². The molecular formula is C18H20F2N2O3S. The number of sulfonamides is 1. The van der Waals surface area contributed by atoms with Gasteiger partial charge in [-0.3, -0.25) is 9.10 Å². The summed E-state index contributed by atoms with van der Waals surface area (Å²) in [5, 5.41) is 2.46. The number of halogens is 2. The topological polar surface area (TPSA) is 66.5 Å². The quantitative estimate of drug-likeness (QED) is 0.798. The summed E-state index contributed by atoms with van der Waals surface area (Å²) in [5.41, 5.74) is 1.52. The van der Waals surface area contributed by atoms with Gasteiger partial charge in [0.1, 0.15) is 0 Å². The second-order valence-electron chi connectivity index (χ2n) is 5.90. The Hall–Kier alpha value is -2.48. The zero-order valence-corrected chi connectivity index (χ0v) is 15.3. The van der Waals surface area contributed by atoms with Crippen molar-refractivity contribution in [3.05, 3.63) is 59.7 Å². The lowest BCUT2D eigenvalue weighted by Crippen LogP contribution is -2.32. The lowest BCUT2D eigenvalue weighted by atomic mass is 10.2. The molecule has 5 nitrogen and oxygen atoms in total. The molecule has 0 aliphatic rings. The molecule has 0 radical (unpaired) electrons. The van der Waals surface area contributed by atoms with Gasteiger partial charge in [-0.1, -0.05) is 18.2 Å². The maximum atomic E-state index is 13.1. The fraction of sp³-hybridized carbons (Fsp3) is 0.278. The van der Waals surface area contributed by atoms with Crippen molar-refractivity contribution in [2.45, 2.75) is 19.8 Å². The first-order valence-corrected chi connectivity index (χ1v) is 9.81. The number of carbonyl (C=O) groups excluding carboxylic acids is 1. The number of hydrogen-bond donors (Lipinski definition) is 1. The molecule has 0 aliphatic heterocycles. The first-order chi connectivity index (χ1) is 12.2. The summed E-state index contributed by atoms with van der Waals surface area (Å²) in [6.45, 7) is 1.94. The predicted octanol–water partition coefficient (Wildman–Crippen LogP) is 3.46. The van der Waals surface area contributed by atoms with Crippen LogP contribution in [0.15, 0.2) is 42.5 Å². The molecule has 0 aliphatic carbocycles. The molecule has 0 saturated heterocycles. The van der Waals surface area contributed by atoms with Crippen molar-refractivity contribution in [3.8, 4) is 0 Å². The molecule has 0 aromatic heterocycles. The van der Waals surface area contributed by atoms with Crippen molar-refractivity contribution in [1.82, 2.24) is 0 Å². The highest BCUT2D eigenvalue weighted by atomic mass is 32.2. The number of para-hydroxylation sites is 1. The van der Waals surface area contributed by atoms with Crippen molar-refractivity contribution in [1.29, 1.82) is 0 Å². The second kappa shape index (κ2) is 8.27. The van der Waals surface area contributed by atoms with E-state index in [1.165, 1.54) is 10.4 Å². The van der Waals surface area contributed by atoms with Crippen LogP contribution < -0.4 is 9.62 Å². The Kier molecular flexibility index (Phi) is 6.31. The molecule has 0 spiro atoms. The van der Waals surface area contributed by atoms with Gasteiger partial charge in [-0.25, -0.2) is 17.2 Å². The predicted molar refractivity (Wildman–Crippen MR) is 97.6 cm³/mol. The van der Waals surface area contributed by atoms with Crippen LogP contribution >= 0.6 is 0 Å². The Balaban J connectivity index is 1.98. The van der Waals surface area contributed by atoms with Gasteiger partial charge in [0.25, 0.3) is 0 Å². The molecule has 0 bridgehead atoms. The van der Waals surface area contributed by atoms with Crippen LogP contribution in [0.1, 0.15) is 18.4 Å². The summed E-state index contributed by atoms with van der Waals surface area (Å²) in [5.74, 6) is -2.45. The normalized spacial score (nSPS) is 11.2. The number of aryl methyl sites for hydroxylation is 1. The fourth-order valence-corrected chi connectivity index (χ4v) is 3.51. The highest BCUT2D eigenvalue weighted by molar-refractivity contribution is 7.92. The van der Waals surface area contributed by atoms with Gasteiger partial charge in [0.2, 0.25) is 15.9 Å². The first-order valence-electron chi connectivity index (χ1n) is 7.97. The molecule has 2 rings (SSSR count). The third-order valence-corrected chi connectivity index (χ3v) is 4.93. The van der Waals surface area contributed by atoms with E-state index in [1.54, 1.807) is 12.1 Å². The highest BCUT2D eigenvalue weighted by Gasteiger charge is 2.19. The summed E-state index contributed by atoms with van der Waals surface area (Å²) in [6, 6.07) is 10.1. The second-order valence-corrected chi connectivity index (χ2v) is 7.81. The summed E-state index contributed by atoms with van der Waals surface area (Å²) in [7, 11) is -3.50. The van der Waals surface area contributed by atoms with Crippen molar-refractivity contribution < 1.29 is 22.0 Å². The highest BCUT2D eigenvalue weighted by Crippen LogP contribution is 2.22. The fourth-order valence-electron chi connectivity index (χ4n) is 2.49. The van der Waals surface area contributed by atoms with Crippen LogP contribution in [0.5, 0.6) is 0 Å². The Morgan fingerprint density at radius 2 is 1.81 bits per heavy atom. The van der Waals surface area contributed by atoms with Crippen molar-refractivity contribution >= 4 is 27.3 Å². The minimum Gasteiger partial charge on any atom is -0.326 e. The summed E-state index contributed by atoms with van der Waals surface area (Å²) < 4.78 is 51.4. The smallest absolute Gasteiger partial charge is 0.232 e. The maximum Gasteiger partial charge on any atom is 0.232 e. The van der Waals surface area contributed by atoms with E-state index in [4.69, 9.17) is 0 Å². The number of rotatable bonds is 7. The number of carbonyl (C=O) groups is 1. The molecule has 140 valence electrons. The molecule has 8 heteroatoms. The van der Waals surface area contributed by atoms with Crippen LogP contribution in [-0.2, 0) is 14.8 Å². The zero-order valence-electron chi connectivity index (χ0n) is 14.5. The molecule has 2 aromatic carbocycles. The average Bonchev–Trinajstić information content (AvgIpc) is 2.55. The summed E-state index contributed by atoms with van der Waals surface area (Å²) in [6.07, 6.45) is 1.43. The van der Waals surface area contributed by atoms with E-state index in [0.717, 1.165) is 24.0 Å². The molecule has 0 saturated carbocycles. The molecular weight excluding hydrogens is 362 g/mol. The van der Waals surface area contributed by atoms with Gasteiger partial charge in [-0.05, 0) is 37.1 Å². The summed E-state index contributed by atoms with van der Waals surface area (Å²) in [4.78, 5) is 11.9. The third kappa shape index (κ3) is 5.26. The molecule has 1 amide bonds. The number of nitrogens with one attached hydrogen (secondary N) is 1. The van der Waals surface area contributed by atoms with Gasteiger partial charge in [-0.15, -0.1) is 0 Å². The number of nitrogens with zero attached hydrogens (tertiary/aromatic N) is 1. The Labute approximate surface area is 151 Å². The van der Waals surface area contributed by atoms with Crippen LogP contribution in [0, 0.1) is 18.6 Å². The van der Waals surface area contributed by atoms with Crippen LogP contribution in [0.4, 0.5) is 20.2 Å². The molecule has 0 unspecified atom stereocenters. The molecule has 2 aromatic rings. The van der Waals surface area contributed by atoms with E-state index in [1.807, 2.05) is 19.1 Å². The molecule has 0 heterocycles. The minimum absolute atomic E-state index is 0.0386. The molecule has 0 atom stereocenters. The van der Waals surface area contributed by atoms with Gasteiger partial charge in [0.05, 0.1) is 11.9 Å². The third-order valence-electron chi connectivity index (χ3n) is 3.75. The standard InChI is InChI=1S/C18H20F2N2O3S/c1-13-6-3-4-7-17(13)22(26(2,24)25)11-5-8-18(23)21-14-9-10-15(19)16(20)12-14/h3-4,6-7,9-10,12H,5,8,11H2,1-2H3,(H,21,23). The van der Waals surface area contributed by atoms with E-state index >= 15 is 0 Å². The number of anilines is 2. The summed E-state index contributed by atoms with van der Waals surface area (Å²) >= 11 is 0. The number of hydrogen-bond acceptors (Lipinski definition) is 3. The van der Waals surface area contributed by atoms with Crippen molar-refractivity contribution in [2.75, 3.05) is 22.4 Å². The Bertz CT molecular complexity index is 901. The van der Waals surface area contributed by atoms with Gasteiger partial charge in [-0.2, -0.15) is 0 Å². The lowest BCUT2D eigenvalue weighted by molar-refractivity contribution is -0.116. The first kappa shape index (κ1) is 19.8. The Morgan fingerprint density at radius 1 is 1.12 bits per heavy atom. The van der Waals surface area contributed by atoms with Gasteiger partial charge in [0, 0.05) is 24.7 Å². The van der Waals surface area contributed by atoms with E-state index in [-0.39, 0.29) is 25.1 Å². The Morgan fingerprint density at radius 3 is 2.42 bits per heavy atom. The molecule has 1 N–H and O–H groups in total. The maximum absolute atomic E-state index is 13.1. The van der Waals surface area contributed by atoms with Crippen LogP contribution in [-0.4, -0.2) is 27.1 Å². The van der Waals surface area contributed by atoms with Crippen LogP contribution in [0.3, 0.4) is 0 Å². The van der Waals surface area contributed by atoms with E-state index in [0.29, 0.717) is 5.69 Å². The lowest BCUT2D eigenvalue weighted by Gasteiger charge is -2.24. The average molecular weight is 382 g/mol. The zero-order chi connectivity index (χ0) is 19.3. The van der Waals surface area contributed by atoms with E-state index in [2.05, 4.69) is 5.32 Å². The van der Waals surface area contributed by atoms with Gasteiger partial charge in [0.15, 0.2) is 11.6 Å². The van der Waals surface area contributed by atoms with Gasteiger partial charge >= 0.3 is 0 Å². The van der Waals surface area contributed by atoms with Crippen molar-refractivity contribution in [3.63, 3.8) is 0 Å². The largest absolute Gasteiger partial charge is 0.326 e. The molecule has 26 heavy (non-hydrogen) atoms. The van der Waals surface area contributed by atoms with E-state index in [9.17, 15) is 22.0 Å². The number of benzene rings is 2. The van der Waals surface area contributed by atoms with Crippen molar-refractivity contribution in [2.24, 2.45) is 0 Å². The minimum atomic E-state index is -3.50. The van der Waals surface area contributed by atoms with Gasteiger partial charge < -0.3 is 5.32 Å². The SMILES string of the molecule is Cc1ccccc1N(CCCC(=O)Nc1ccc(F)c(F)c1)S(C)(=O)=O.